The number of carbonyl (C=O) groups excluding carboxylic acids is 1. The molecular weight excluding hydrogens is 372 g/mol. The van der Waals surface area contributed by atoms with E-state index in [1.165, 1.54) is 6.42 Å². The molecule has 0 bridgehead atoms. The lowest BCUT2D eigenvalue weighted by atomic mass is 9.92. The van der Waals surface area contributed by atoms with Gasteiger partial charge in [-0.3, -0.25) is 4.79 Å². The summed E-state index contributed by atoms with van der Waals surface area (Å²) in [4.78, 5) is 15.3. The maximum atomic E-state index is 12.9. The maximum Gasteiger partial charge on any atom is 0.256 e. The van der Waals surface area contributed by atoms with Gasteiger partial charge in [0.15, 0.2) is 0 Å². The summed E-state index contributed by atoms with van der Waals surface area (Å²) < 4.78 is 1.69. The van der Waals surface area contributed by atoms with Gasteiger partial charge in [0, 0.05) is 25.7 Å². The summed E-state index contributed by atoms with van der Waals surface area (Å²) in [6, 6.07) is 10.0. The number of nitrogens with one attached hydrogen (secondary N) is 1. The lowest BCUT2D eigenvalue weighted by molar-refractivity contribution is 0.0904. The van der Waals surface area contributed by atoms with Gasteiger partial charge in [0.05, 0.1) is 17.8 Å². The summed E-state index contributed by atoms with van der Waals surface area (Å²) in [5.41, 5.74) is 2.23. The van der Waals surface area contributed by atoms with Crippen LogP contribution in [0.3, 0.4) is 0 Å². The molecule has 1 aromatic heterocycles. The van der Waals surface area contributed by atoms with Gasteiger partial charge in [-0.05, 0) is 37.7 Å². The summed E-state index contributed by atoms with van der Waals surface area (Å²) in [6.45, 7) is 12.1. The van der Waals surface area contributed by atoms with Gasteiger partial charge < -0.3 is 10.2 Å². The third kappa shape index (κ3) is 5.15. The Labute approximate surface area is 173 Å². The number of amides is 1. The molecule has 28 heavy (non-hydrogen) atoms. The number of benzene rings is 1. The molecule has 3 atom stereocenters. The first-order valence-electron chi connectivity index (χ1n) is 10.1. The number of halogens is 1. The number of hydrogen-bond acceptors (Lipinski definition) is 3. The molecule has 0 radical (unpaired) electrons. The van der Waals surface area contributed by atoms with Crippen LogP contribution in [0, 0.1) is 18.8 Å². The molecule has 2 heterocycles. The Bertz CT molecular complexity index is 794. The van der Waals surface area contributed by atoms with Crippen molar-refractivity contribution < 1.29 is 4.79 Å². The van der Waals surface area contributed by atoms with Crippen molar-refractivity contribution in [1.82, 2.24) is 20.0 Å². The number of carbonyl (C=O) groups is 1. The summed E-state index contributed by atoms with van der Waals surface area (Å²) >= 11 is 6.52. The molecule has 1 N–H and O–H groups in total. The average Bonchev–Trinajstić information content (AvgIpc) is 2.88. The standard InChI is InChI=1S/C22H31ClN4O/c1-15-10-16(2)12-26(11-15)13-17(3)24-22(28)20-18(4)25-27(21(20)23)14-19-8-6-5-7-9-19/h5-9,15-17H,10-14H2,1-4H3,(H,24,28)/t15-,16+,17-/m1/s1. The van der Waals surface area contributed by atoms with E-state index in [1.54, 1.807) is 4.68 Å². The fourth-order valence-electron chi connectivity index (χ4n) is 4.34. The quantitative estimate of drug-likeness (QED) is 0.794. The molecule has 1 aliphatic heterocycles. The van der Waals surface area contributed by atoms with E-state index in [-0.39, 0.29) is 11.9 Å². The van der Waals surface area contributed by atoms with Crippen molar-refractivity contribution in [3.05, 3.63) is 52.3 Å². The van der Waals surface area contributed by atoms with Crippen LogP contribution in [-0.2, 0) is 6.54 Å². The van der Waals surface area contributed by atoms with E-state index in [0.717, 1.165) is 25.2 Å². The Hall–Kier alpha value is -1.85. The van der Waals surface area contributed by atoms with Crippen LogP contribution < -0.4 is 5.32 Å². The fourth-order valence-corrected chi connectivity index (χ4v) is 4.66. The monoisotopic (exact) mass is 402 g/mol. The van der Waals surface area contributed by atoms with Gasteiger partial charge in [-0.2, -0.15) is 5.10 Å². The minimum atomic E-state index is -0.146. The molecule has 1 saturated heterocycles. The molecule has 152 valence electrons. The topological polar surface area (TPSA) is 50.2 Å². The molecule has 3 rings (SSSR count). The molecule has 1 fully saturated rings. The van der Waals surface area contributed by atoms with Crippen LogP contribution in [0.5, 0.6) is 0 Å². The minimum Gasteiger partial charge on any atom is -0.348 e. The molecular formula is C22H31ClN4O. The molecule has 5 nitrogen and oxygen atoms in total. The van der Waals surface area contributed by atoms with Gasteiger partial charge in [0.1, 0.15) is 5.15 Å². The Morgan fingerprint density at radius 3 is 2.54 bits per heavy atom. The van der Waals surface area contributed by atoms with E-state index in [0.29, 0.717) is 34.8 Å². The van der Waals surface area contributed by atoms with Gasteiger partial charge in [-0.25, -0.2) is 4.68 Å². The van der Waals surface area contributed by atoms with Crippen LogP contribution in [0.15, 0.2) is 30.3 Å². The number of likely N-dealkylation sites (tertiary alicyclic amines) is 1. The highest BCUT2D eigenvalue weighted by molar-refractivity contribution is 6.33. The number of aryl methyl sites for hydroxylation is 1. The highest BCUT2D eigenvalue weighted by atomic mass is 35.5. The molecule has 1 amide bonds. The van der Waals surface area contributed by atoms with Gasteiger partial charge in [-0.1, -0.05) is 55.8 Å². The SMILES string of the molecule is Cc1nn(Cc2ccccc2)c(Cl)c1C(=O)N[C@H](C)CN1C[C@H](C)C[C@H](C)C1. The Balaban J connectivity index is 1.64. The van der Waals surface area contributed by atoms with Crippen LogP contribution in [0.1, 0.15) is 48.8 Å². The molecule has 1 aliphatic rings. The largest absolute Gasteiger partial charge is 0.348 e. The van der Waals surface area contributed by atoms with Crippen molar-refractivity contribution in [3.63, 3.8) is 0 Å². The van der Waals surface area contributed by atoms with Crippen molar-refractivity contribution in [2.45, 2.75) is 46.7 Å². The predicted octanol–water partition coefficient (Wildman–Crippen LogP) is 3.99. The van der Waals surface area contributed by atoms with Crippen LogP contribution >= 0.6 is 11.6 Å². The normalized spacial score (nSPS) is 21.5. The molecule has 6 heteroatoms. The van der Waals surface area contributed by atoms with Crippen molar-refractivity contribution in [2.75, 3.05) is 19.6 Å². The summed E-state index contributed by atoms with van der Waals surface area (Å²) in [7, 11) is 0. The lowest BCUT2D eigenvalue weighted by Gasteiger charge is -2.36. The number of piperidine rings is 1. The van der Waals surface area contributed by atoms with Crippen molar-refractivity contribution in [3.8, 4) is 0 Å². The van der Waals surface area contributed by atoms with Crippen LogP contribution in [0.4, 0.5) is 0 Å². The third-order valence-electron chi connectivity index (χ3n) is 5.32. The molecule has 0 unspecified atom stereocenters. The Kier molecular flexibility index (Phi) is 6.78. The number of hydrogen-bond donors (Lipinski definition) is 1. The minimum absolute atomic E-state index is 0.0536. The highest BCUT2D eigenvalue weighted by Crippen LogP contribution is 2.22. The van der Waals surface area contributed by atoms with Gasteiger partial charge in [-0.15, -0.1) is 0 Å². The first-order valence-corrected chi connectivity index (χ1v) is 10.5. The molecule has 2 aromatic rings. The van der Waals surface area contributed by atoms with E-state index < -0.39 is 0 Å². The molecule has 0 spiro atoms. The van der Waals surface area contributed by atoms with Gasteiger partial charge >= 0.3 is 0 Å². The first kappa shape index (κ1) is 20.9. The fraction of sp³-hybridized carbons (Fsp3) is 0.545. The smallest absolute Gasteiger partial charge is 0.256 e. The summed E-state index contributed by atoms with van der Waals surface area (Å²) in [5, 5.41) is 7.99. The van der Waals surface area contributed by atoms with Gasteiger partial charge in [0.2, 0.25) is 0 Å². The number of aromatic nitrogens is 2. The third-order valence-corrected chi connectivity index (χ3v) is 5.71. The Morgan fingerprint density at radius 2 is 1.89 bits per heavy atom. The van der Waals surface area contributed by atoms with E-state index in [1.807, 2.05) is 37.3 Å². The predicted molar refractivity (Wildman–Crippen MR) is 114 cm³/mol. The summed E-state index contributed by atoms with van der Waals surface area (Å²) in [5.74, 6) is 1.27. The zero-order valence-electron chi connectivity index (χ0n) is 17.3. The van der Waals surface area contributed by atoms with E-state index in [4.69, 9.17) is 11.6 Å². The first-order chi connectivity index (χ1) is 13.3. The lowest BCUT2D eigenvalue weighted by Crippen LogP contribution is -2.47. The molecule has 0 saturated carbocycles. The van der Waals surface area contributed by atoms with Crippen LogP contribution in [0.2, 0.25) is 5.15 Å². The van der Waals surface area contributed by atoms with E-state index in [2.05, 4.69) is 36.1 Å². The van der Waals surface area contributed by atoms with Crippen molar-refractivity contribution in [1.29, 1.82) is 0 Å². The van der Waals surface area contributed by atoms with Gasteiger partial charge in [0.25, 0.3) is 5.91 Å². The average molecular weight is 403 g/mol. The van der Waals surface area contributed by atoms with E-state index >= 15 is 0 Å². The second-order valence-electron chi connectivity index (χ2n) is 8.43. The maximum absolute atomic E-state index is 12.9. The Morgan fingerprint density at radius 1 is 1.25 bits per heavy atom. The second kappa shape index (κ2) is 9.10. The highest BCUT2D eigenvalue weighted by Gasteiger charge is 2.25. The zero-order chi connectivity index (χ0) is 20.3. The van der Waals surface area contributed by atoms with Crippen LogP contribution in [0.25, 0.3) is 0 Å². The number of rotatable bonds is 6. The van der Waals surface area contributed by atoms with Crippen molar-refractivity contribution in [2.24, 2.45) is 11.8 Å². The van der Waals surface area contributed by atoms with Crippen molar-refractivity contribution >= 4 is 17.5 Å². The van der Waals surface area contributed by atoms with E-state index in [9.17, 15) is 4.79 Å². The number of nitrogens with zero attached hydrogens (tertiary/aromatic N) is 3. The molecule has 0 aliphatic carbocycles. The van der Waals surface area contributed by atoms with Crippen LogP contribution in [-0.4, -0.2) is 46.3 Å². The zero-order valence-corrected chi connectivity index (χ0v) is 18.0. The molecule has 1 aromatic carbocycles. The summed E-state index contributed by atoms with van der Waals surface area (Å²) in [6.07, 6.45) is 1.28. The second-order valence-corrected chi connectivity index (χ2v) is 8.79.